The number of hydrogen-bond acceptors (Lipinski definition) is 17. The van der Waals surface area contributed by atoms with Gasteiger partial charge in [-0.25, -0.2) is 19.2 Å². The van der Waals surface area contributed by atoms with Gasteiger partial charge in [0.25, 0.3) is 15.6 Å². The van der Waals surface area contributed by atoms with Crippen molar-refractivity contribution in [3.63, 3.8) is 0 Å². The van der Waals surface area contributed by atoms with Crippen molar-refractivity contribution in [1.82, 2.24) is 0 Å². The number of phosphoric ester groups is 3. The number of aliphatic hydroxyl groups is 3. The van der Waals surface area contributed by atoms with Crippen LogP contribution in [0.15, 0.2) is 48.0 Å². The number of carboxylic acids is 4. The number of carboxylic acid groups (broad SMARTS) is 4. The van der Waals surface area contributed by atoms with Crippen LogP contribution >= 0.6 is 23.5 Å². The van der Waals surface area contributed by atoms with Crippen molar-refractivity contribution in [3.05, 3.63) is 48.0 Å². The Hall–Kier alpha value is -3.31. The summed E-state index contributed by atoms with van der Waals surface area (Å²) in [5.41, 5.74) is -0.668. The van der Waals surface area contributed by atoms with E-state index in [1.165, 1.54) is 0 Å². The maximum atomic E-state index is 10.9. The van der Waals surface area contributed by atoms with Crippen LogP contribution in [0, 0.1) is 0 Å². The van der Waals surface area contributed by atoms with Crippen LogP contribution in [-0.4, -0.2) is 111 Å². The van der Waals surface area contributed by atoms with Crippen molar-refractivity contribution in [3.8, 4) is 0 Å². The molecule has 0 aliphatic heterocycles. The first kappa shape index (κ1) is 43.7. The van der Waals surface area contributed by atoms with Gasteiger partial charge in [-0.1, -0.05) is 0 Å². The number of carbonyl (C=O) groups is 4. The first-order valence-corrected chi connectivity index (χ1v) is 16.1. The average Bonchev–Trinajstić information content (AvgIpc) is 2.86. The standard InChI is InChI=1S/C10H13O10P.C7H11O8P.C3H5O6P/c1-4(9(12)13)19-6-2-5(10(14)15)3-7(8(6)11)20-21(16,17)18;8-4-1-3(7(10)11)2-5(6(4)9)15-16(12,13)14;1-2(3(4)5)9-10(6,7)8/h3,6-8,11H,1-2H2,(H,12,13)(H,14,15)(H2,16,17,18);2,4-6,8-9H,1H2,(H,10,11)(H2,12,13,14);1H2,(H,4,5)(H2,6,7,8)/p-3. The fraction of sp³-hybridized carbons (Fsp3) is 0.400. The lowest BCUT2D eigenvalue weighted by molar-refractivity contribution is -0.228. The third-order valence-electron chi connectivity index (χ3n) is 5.08. The van der Waals surface area contributed by atoms with Gasteiger partial charge >= 0.3 is 31.7 Å². The number of hydrogen-bond donors (Lipinski definition) is 10. The molecule has 10 N–H and O–H groups in total. The van der Waals surface area contributed by atoms with Crippen LogP contribution in [-0.2, 0) is 51.2 Å². The van der Waals surface area contributed by atoms with Crippen LogP contribution in [0.5, 0.6) is 0 Å². The minimum absolute atomic E-state index is 0.295. The van der Waals surface area contributed by atoms with Gasteiger partial charge in [0, 0.05) is 24.0 Å². The molecule has 0 bridgehead atoms. The number of phosphoric acid groups is 3. The Labute approximate surface area is 261 Å². The second-order valence-corrected chi connectivity index (χ2v) is 12.1. The molecule has 9 atom stereocenters. The molecule has 0 aromatic rings. The first-order valence-electron chi connectivity index (χ1n) is 11.7. The predicted octanol–water partition coefficient (Wildman–Crippen LogP) is -4.38. The normalized spacial score (nSPS) is 27.4. The van der Waals surface area contributed by atoms with Crippen molar-refractivity contribution < 1.29 is 116 Å². The summed E-state index contributed by atoms with van der Waals surface area (Å²) in [5, 5.41) is 62.5. The molecule has 0 heterocycles. The molecule has 0 saturated heterocycles. The monoisotopic (exact) mass is 743 g/mol. The Morgan fingerprint density at radius 1 is 0.681 bits per heavy atom. The molecule has 268 valence electrons. The molecule has 0 saturated carbocycles. The average molecular weight is 743 g/mol. The molecule has 9 unspecified atom stereocenters. The van der Waals surface area contributed by atoms with Gasteiger partial charge in [-0.05, 0) is 25.3 Å². The highest BCUT2D eigenvalue weighted by atomic mass is 31.2. The van der Waals surface area contributed by atoms with Crippen LogP contribution in [0.3, 0.4) is 0 Å². The van der Waals surface area contributed by atoms with Crippen molar-refractivity contribution in [2.45, 2.75) is 49.5 Å². The summed E-state index contributed by atoms with van der Waals surface area (Å²) in [6.07, 6.45) is -8.67. The Kier molecular flexibility index (Phi) is 16.5. The van der Waals surface area contributed by atoms with Gasteiger partial charge < -0.3 is 83.4 Å². The van der Waals surface area contributed by atoms with E-state index in [-0.39, 0.29) is 17.6 Å². The minimum atomic E-state index is -5.25. The van der Waals surface area contributed by atoms with E-state index < -0.39 is 102 Å². The smallest absolute Gasteiger partial charge is 0.371 e. The molecule has 2 aliphatic carbocycles. The van der Waals surface area contributed by atoms with E-state index in [9.17, 15) is 62.9 Å². The summed E-state index contributed by atoms with van der Waals surface area (Å²) in [6, 6.07) is 0. The molecule has 27 heteroatoms. The lowest BCUT2D eigenvalue weighted by Gasteiger charge is -2.34. The summed E-state index contributed by atoms with van der Waals surface area (Å²) in [5.74, 6) is -7.80. The van der Waals surface area contributed by atoms with E-state index >= 15 is 0 Å². The van der Waals surface area contributed by atoms with Gasteiger partial charge in [0.2, 0.25) is 5.76 Å². The molecule has 0 fully saturated rings. The Morgan fingerprint density at radius 3 is 1.38 bits per heavy atom. The van der Waals surface area contributed by atoms with Crippen LogP contribution in [0.1, 0.15) is 12.8 Å². The van der Waals surface area contributed by atoms with Gasteiger partial charge in [-0.15, -0.1) is 0 Å². The quantitative estimate of drug-likeness (QED) is 0.0512. The van der Waals surface area contributed by atoms with Crippen molar-refractivity contribution >= 4 is 47.3 Å². The third-order valence-corrected chi connectivity index (χ3v) is 6.56. The summed E-state index contributed by atoms with van der Waals surface area (Å²) in [6.45, 7) is 5.73. The van der Waals surface area contributed by atoms with Crippen LogP contribution in [0.25, 0.3) is 0 Å². The number of aliphatic hydroxyl groups excluding tert-OH is 3. The molecule has 0 aromatic heterocycles. The fourth-order valence-electron chi connectivity index (χ4n) is 3.18. The first-order chi connectivity index (χ1) is 21.0. The Bertz CT molecular complexity index is 1410. The second-order valence-electron chi connectivity index (χ2n) is 8.70. The molecule has 47 heavy (non-hydrogen) atoms. The molecule has 2 rings (SSSR count). The maximum Gasteiger partial charge on any atom is 0.371 e. The second kappa shape index (κ2) is 17.7. The highest BCUT2D eigenvalue weighted by Gasteiger charge is 2.38. The van der Waals surface area contributed by atoms with Crippen molar-refractivity contribution in [2.75, 3.05) is 0 Å². The lowest BCUT2D eigenvalue weighted by atomic mass is 9.92. The van der Waals surface area contributed by atoms with Crippen LogP contribution in [0.4, 0.5) is 0 Å². The van der Waals surface area contributed by atoms with Gasteiger partial charge in [-0.2, -0.15) is 0 Å². The summed E-state index contributed by atoms with van der Waals surface area (Å²) < 4.78 is 47.3. The zero-order valence-electron chi connectivity index (χ0n) is 23.0. The van der Waals surface area contributed by atoms with E-state index in [0.717, 1.165) is 12.2 Å². The molecule has 2 aliphatic rings. The zero-order chi connectivity index (χ0) is 37.2. The summed E-state index contributed by atoms with van der Waals surface area (Å²) in [7, 11) is -15.4. The van der Waals surface area contributed by atoms with E-state index in [1.807, 2.05) is 0 Å². The van der Waals surface area contributed by atoms with Gasteiger partial charge in [0.15, 0.2) is 5.76 Å². The number of aliphatic carboxylic acids is 4. The Morgan fingerprint density at radius 2 is 1.06 bits per heavy atom. The van der Waals surface area contributed by atoms with E-state index in [4.69, 9.17) is 39.8 Å². The molecular formula is C20H26O24P3-3. The topological polar surface area (TPSA) is 428 Å². The summed E-state index contributed by atoms with van der Waals surface area (Å²) in [4.78, 5) is 97.7. The lowest BCUT2D eigenvalue weighted by Crippen LogP contribution is -2.44. The summed E-state index contributed by atoms with van der Waals surface area (Å²) >= 11 is 0. The van der Waals surface area contributed by atoms with Crippen molar-refractivity contribution in [2.24, 2.45) is 0 Å². The molecule has 0 aromatic carbocycles. The minimum Gasteiger partial charge on any atom is -0.756 e. The van der Waals surface area contributed by atoms with Gasteiger partial charge in [0.05, 0.1) is 6.10 Å². The third kappa shape index (κ3) is 17.4. The van der Waals surface area contributed by atoms with Crippen molar-refractivity contribution in [1.29, 1.82) is 0 Å². The molecule has 0 radical (unpaired) electrons. The highest BCUT2D eigenvalue weighted by Crippen LogP contribution is 2.38. The predicted molar refractivity (Wildman–Crippen MR) is 137 cm³/mol. The van der Waals surface area contributed by atoms with E-state index in [2.05, 4.69) is 26.7 Å². The van der Waals surface area contributed by atoms with Gasteiger partial charge in [0.1, 0.15) is 30.5 Å². The molecule has 0 amide bonds. The molecule has 24 nitrogen and oxygen atoms in total. The number of rotatable bonds is 12. The SMILES string of the molecule is C=C(OC1CC(C(=O)O)=CC(OP(=O)([O-])O)C1O)C(=O)O.C=C(OP(=O)([O-])O)C(=O)O.O=C(O)C1=CC(OP(=O)([O-])O)C(O)C(O)C1. The van der Waals surface area contributed by atoms with E-state index in [1.54, 1.807) is 0 Å². The molecular weight excluding hydrogens is 717 g/mol. The van der Waals surface area contributed by atoms with Crippen LogP contribution in [0.2, 0.25) is 0 Å². The molecule has 0 spiro atoms. The van der Waals surface area contributed by atoms with E-state index in [0.29, 0.717) is 0 Å². The largest absolute Gasteiger partial charge is 0.756 e. The Balaban J connectivity index is 0.000000721. The maximum absolute atomic E-state index is 10.9. The number of ether oxygens (including phenoxy) is 1. The highest BCUT2D eigenvalue weighted by molar-refractivity contribution is 7.45. The fourth-order valence-corrected chi connectivity index (χ4v) is 4.52. The van der Waals surface area contributed by atoms with Gasteiger partial charge in [-0.3, -0.25) is 13.7 Å². The van der Waals surface area contributed by atoms with Crippen LogP contribution < -0.4 is 14.7 Å². The zero-order valence-corrected chi connectivity index (χ0v) is 25.7.